The second-order valence-corrected chi connectivity index (χ2v) is 21.0. The molecule has 4 aromatic heterocycles. The second-order valence-electron chi connectivity index (χ2n) is 21.0. The van der Waals surface area contributed by atoms with E-state index in [2.05, 4.69) is 223 Å². The van der Waals surface area contributed by atoms with Crippen molar-refractivity contribution in [1.29, 1.82) is 0 Å². The fourth-order valence-electron chi connectivity index (χ4n) is 10.3. The summed E-state index contributed by atoms with van der Waals surface area (Å²) < 4.78 is 19.3. The minimum atomic E-state index is -0.143. The van der Waals surface area contributed by atoms with Gasteiger partial charge in [0.25, 0.3) is 0 Å². The van der Waals surface area contributed by atoms with E-state index in [1.54, 1.807) is 0 Å². The first kappa shape index (κ1) is 38.6. The standard InChI is InChI=1S/C60H52N2O2/c1-58(2,3)35-28-44-46-30-36(59(4,5)6)31-49(60(7,8)9)57(46)64-56(44)45(29-35)48-34-38(62-52-24-16-12-20-41(52)42-21-13-17-25-53(42)62)33-47-43-32-37(26-27-54(43)63-55(47)48)61-50-22-14-10-18-39(50)40-19-11-15-23-51(40)61/h10-34H,1-9H3. The van der Waals surface area contributed by atoms with Gasteiger partial charge in [0.05, 0.1) is 22.1 Å². The summed E-state index contributed by atoms with van der Waals surface area (Å²) in [5.41, 5.74) is 15.9. The van der Waals surface area contributed by atoms with Gasteiger partial charge in [0, 0.05) is 71.2 Å². The molecule has 0 saturated heterocycles. The van der Waals surface area contributed by atoms with Crippen molar-refractivity contribution < 1.29 is 8.83 Å². The van der Waals surface area contributed by atoms with E-state index in [-0.39, 0.29) is 16.2 Å². The molecule has 12 rings (SSSR count). The summed E-state index contributed by atoms with van der Waals surface area (Å²) in [5.74, 6) is 0. The average molecular weight is 833 g/mol. The molecule has 8 aromatic carbocycles. The molecule has 4 nitrogen and oxygen atoms in total. The number of rotatable bonds is 3. The third-order valence-electron chi connectivity index (χ3n) is 13.7. The minimum absolute atomic E-state index is 0.0442. The van der Waals surface area contributed by atoms with Gasteiger partial charge in [-0.05, 0) is 100 Å². The van der Waals surface area contributed by atoms with Crippen molar-refractivity contribution in [3.8, 4) is 22.5 Å². The molecule has 0 radical (unpaired) electrons. The third-order valence-corrected chi connectivity index (χ3v) is 13.7. The molecule has 0 unspecified atom stereocenters. The first-order valence-electron chi connectivity index (χ1n) is 22.7. The zero-order chi connectivity index (χ0) is 44.0. The Morgan fingerprint density at radius 3 is 1.27 bits per heavy atom. The van der Waals surface area contributed by atoms with Crippen molar-refractivity contribution in [2.24, 2.45) is 0 Å². The highest BCUT2D eigenvalue weighted by Crippen LogP contribution is 2.48. The van der Waals surface area contributed by atoms with Crippen molar-refractivity contribution in [2.75, 3.05) is 0 Å². The van der Waals surface area contributed by atoms with E-state index in [1.165, 1.54) is 49.3 Å². The largest absolute Gasteiger partial charge is 0.455 e. The number of fused-ring (bicyclic) bond motifs is 12. The highest BCUT2D eigenvalue weighted by molar-refractivity contribution is 6.18. The zero-order valence-electron chi connectivity index (χ0n) is 38.1. The monoisotopic (exact) mass is 832 g/mol. The predicted octanol–water partition coefficient (Wildman–Crippen LogP) is 17.2. The van der Waals surface area contributed by atoms with Gasteiger partial charge in [-0.3, -0.25) is 0 Å². The van der Waals surface area contributed by atoms with Gasteiger partial charge in [-0.15, -0.1) is 0 Å². The van der Waals surface area contributed by atoms with E-state index in [0.717, 1.165) is 77.4 Å². The maximum Gasteiger partial charge on any atom is 0.143 e. The second kappa shape index (κ2) is 13.2. The predicted molar refractivity (Wildman–Crippen MR) is 271 cm³/mol. The van der Waals surface area contributed by atoms with Crippen molar-refractivity contribution in [3.05, 3.63) is 168 Å². The van der Waals surface area contributed by atoms with E-state index in [9.17, 15) is 0 Å². The van der Waals surface area contributed by atoms with Crippen LogP contribution >= 0.6 is 0 Å². The first-order chi connectivity index (χ1) is 30.6. The van der Waals surface area contributed by atoms with Gasteiger partial charge in [-0.2, -0.15) is 0 Å². The van der Waals surface area contributed by atoms with Gasteiger partial charge in [0.1, 0.15) is 22.3 Å². The molecule has 4 heteroatoms. The highest BCUT2D eigenvalue weighted by atomic mass is 16.3. The molecule has 0 N–H and O–H groups in total. The lowest BCUT2D eigenvalue weighted by molar-refractivity contribution is 0.559. The van der Waals surface area contributed by atoms with Gasteiger partial charge in [-0.1, -0.05) is 141 Å². The Balaban J connectivity index is 1.23. The van der Waals surface area contributed by atoms with Crippen LogP contribution in [0.25, 0.3) is 110 Å². The van der Waals surface area contributed by atoms with Crippen molar-refractivity contribution in [3.63, 3.8) is 0 Å². The van der Waals surface area contributed by atoms with Crippen molar-refractivity contribution in [1.82, 2.24) is 9.13 Å². The fraction of sp³-hybridized carbons (Fsp3) is 0.200. The van der Waals surface area contributed by atoms with Gasteiger partial charge >= 0.3 is 0 Å². The number of aromatic nitrogens is 2. The molecule has 4 heterocycles. The van der Waals surface area contributed by atoms with E-state index in [4.69, 9.17) is 8.83 Å². The van der Waals surface area contributed by atoms with Crippen LogP contribution in [-0.2, 0) is 16.2 Å². The number of hydrogen-bond acceptors (Lipinski definition) is 2. The summed E-state index contributed by atoms with van der Waals surface area (Å²) in [6.45, 7) is 20.7. The number of nitrogens with zero attached hydrogens (tertiary/aromatic N) is 2. The van der Waals surface area contributed by atoms with Crippen LogP contribution < -0.4 is 0 Å². The molecule has 0 aliphatic rings. The van der Waals surface area contributed by atoms with Gasteiger partial charge in [0.2, 0.25) is 0 Å². The van der Waals surface area contributed by atoms with E-state index in [0.29, 0.717) is 0 Å². The summed E-state index contributed by atoms with van der Waals surface area (Å²) in [5, 5.41) is 9.35. The third kappa shape index (κ3) is 5.67. The van der Waals surface area contributed by atoms with Crippen LogP contribution in [-0.4, -0.2) is 9.13 Å². The Bertz CT molecular complexity index is 3790. The maximum atomic E-state index is 7.32. The molecule has 0 aliphatic carbocycles. The van der Waals surface area contributed by atoms with Gasteiger partial charge < -0.3 is 18.0 Å². The van der Waals surface area contributed by atoms with E-state index < -0.39 is 0 Å². The Labute approximate surface area is 373 Å². The fourth-order valence-corrected chi connectivity index (χ4v) is 10.3. The quantitative estimate of drug-likeness (QED) is 0.178. The number of hydrogen-bond donors (Lipinski definition) is 0. The Morgan fingerprint density at radius 1 is 0.328 bits per heavy atom. The highest BCUT2D eigenvalue weighted by Gasteiger charge is 2.29. The normalized spacial score (nSPS) is 13.1. The lowest BCUT2D eigenvalue weighted by Gasteiger charge is -2.25. The maximum absolute atomic E-state index is 7.32. The Morgan fingerprint density at radius 2 is 0.750 bits per heavy atom. The molecule has 0 aliphatic heterocycles. The molecule has 0 atom stereocenters. The van der Waals surface area contributed by atoms with Crippen LogP contribution in [0.3, 0.4) is 0 Å². The molecular formula is C60H52N2O2. The number of benzene rings is 8. The number of para-hydroxylation sites is 4. The first-order valence-corrected chi connectivity index (χ1v) is 22.7. The van der Waals surface area contributed by atoms with Crippen LogP contribution in [0.5, 0.6) is 0 Å². The van der Waals surface area contributed by atoms with Crippen molar-refractivity contribution in [2.45, 2.75) is 78.6 Å². The van der Waals surface area contributed by atoms with Crippen LogP contribution in [0, 0.1) is 0 Å². The molecule has 314 valence electrons. The molecule has 0 amide bonds. The molecule has 0 fully saturated rings. The molecule has 0 saturated carbocycles. The van der Waals surface area contributed by atoms with Crippen molar-refractivity contribution >= 4 is 87.5 Å². The lowest BCUT2D eigenvalue weighted by Crippen LogP contribution is -2.16. The summed E-state index contributed by atoms with van der Waals surface area (Å²) >= 11 is 0. The molecular weight excluding hydrogens is 781 g/mol. The molecule has 0 bridgehead atoms. The SMILES string of the molecule is CC(C)(C)c1cc(-c2cc(-n3c4ccccc4c4ccccc43)cc3c2oc2ccc(-n4c5ccccc5c5ccccc54)cc23)c2oc3c(C(C)(C)C)cc(C(C)(C)C)cc3c2c1. The summed E-state index contributed by atoms with van der Waals surface area (Å²) in [6, 6.07) is 55.8. The Kier molecular flexibility index (Phi) is 7.99. The summed E-state index contributed by atoms with van der Waals surface area (Å²) in [4.78, 5) is 0. The number of furan rings is 2. The minimum Gasteiger partial charge on any atom is -0.455 e. The average Bonchev–Trinajstić information content (AvgIpc) is 4.02. The van der Waals surface area contributed by atoms with E-state index in [1.807, 2.05) is 0 Å². The smallest absolute Gasteiger partial charge is 0.143 e. The van der Waals surface area contributed by atoms with Gasteiger partial charge in [-0.25, -0.2) is 0 Å². The van der Waals surface area contributed by atoms with E-state index >= 15 is 0 Å². The Hall–Kier alpha value is -7.04. The van der Waals surface area contributed by atoms with Crippen LogP contribution in [0.15, 0.2) is 160 Å². The summed E-state index contributed by atoms with van der Waals surface area (Å²) in [6.07, 6.45) is 0. The van der Waals surface area contributed by atoms with Crippen LogP contribution in [0.2, 0.25) is 0 Å². The molecule has 0 spiro atoms. The molecule has 12 aromatic rings. The van der Waals surface area contributed by atoms with Gasteiger partial charge in [0.15, 0.2) is 0 Å². The topological polar surface area (TPSA) is 36.1 Å². The van der Waals surface area contributed by atoms with Crippen LogP contribution in [0.4, 0.5) is 0 Å². The zero-order valence-corrected chi connectivity index (χ0v) is 38.1. The molecule has 64 heavy (non-hydrogen) atoms. The van der Waals surface area contributed by atoms with Crippen LogP contribution in [0.1, 0.15) is 79.0 Å². The summed E-state index contributed by atoms with van der Waals surface area (Å²) in [7, 11) is 0. The lowest BCUT2D eigenvalue weighted by atomic mass is 9.79.